The molecule has 80 valence electrons. The highest BCUT2D eigenvalue weighted by molar-refractivity contribution is 5.78. The number of rotatable bonds is 3. The summed E-state index contributed by atoms with van der Waals surface area (Å²) in [5, 5.41) is 3.16. The number of hydrogen-bond acceptors (Lipinski definition) is 2. The highest BCUT2D eigenvalue weighted by atomic mass is 16.2. The van der Waals surface area contributed by atoms with Crippen LogP contribution in [-0.2, 0) is 4.79 Å². The van der Waals surface area contributed by atoms with E-state index in [0.717, 1.165) is 11.8 Å². The molecule has 2 rings (SSSR count). The molecule has 2 fully saturated rings. The molecule has 3 atom stereocenters. The molecule has 0 aromatic rings. The molecule has 0 aliphatic heterocycles. The second kappa shape index (κ2) is 3.89. The third kappa shape index (κ3) is 2.08. The van der Waals surface area contributed by atoms with Crippen LogP contribution in [-0.4, -0.2) is 37.5 Å². The molecule has 0 radical (unpaired) electrons. The average Bonchev–Trinajstić information content (AvgIpc) is 2.62. The van der Waals surface area contributed by atoms with Crippen molar-refractivity contribution in [2.75, 3.05) is 20.6 Å². The van der Waals surface area contributed by atoms with Crippen molar-refractivity contribution >= 4 is 5.91 Å². The van der Waals surface area contributed by atoms with Crippen molar-refractivity contribution < 1.29 is 4.79 Å². The predicted octanol–water partition coefficient (Wildman–Crippen LogP) is 0.853. The number of hydrogen-bond donors (Lipinski definition) is 1. The van der Waals surface area contributed by atoms with Gasteiger partial charge in [0, 0.05) is 6.04 Å². The fourth-order valence-corrected chi connectivity index (χ4v) is 2.96. The summed E-state index contributed by atoms with van der Waals surface area (Å²) in [6.07, 6.45) is 5.30. The molecule has 2 bridgehead atoms. The van der Waals surface area contributed by atoms with E-state index < -0.39 is 0 Å². The SMILES string of the molecule is CN(C)CC(=O)N[C@@H]1CC2CCC1C2. The Morgan fingerprint density at radius 1 is 1.36 bits per heavy atom. The maximum atomic E-state index is 11.5. The summed E-state index contributed by atoms with van der Waals surface area (Å²) in [7, 11) is 3.86. The van der Waals surface area contributed by atoms with Crippen LogP contribution >= 0.6 is 0 Å². The molecular formula is C11H20N2O. The van der Waals surface area contributed by atoms with Crippen LogP contribution in [0.25, 0.3) is 0 Å². The van der Waals surface area contributed by atoms with Gasteiger partial charge in [-0.3, -0.25) is 4.79 Å². The molecule has 1 N–H and O–H groups in total. The average molecular weight is 196 g/mol. The molecule has 0 aromatic carbocycles. The van der Waals surface area contributed by atoms with Crippen molar-refractivity contribution in [1.82, 2.24) is 10.2 Å². The minimum Gasteiger partial charge on any atom is -0.352 e. The van der Waals surface area contributed by atoms with E-state index in [-0.39, 0.29) is 5.91 Å². The first-order valence-corrected chi connectivity index (χ1v) is 5.59. The van der Waals surface area contributed by atoms with Gasteiger partial charge < -0.3 is 10.2 Å². The molecule has 0 aromatic heterocycles. The minimum absolute atomic E-state index is 0.188. The zero-order valence-corrected chi connectivity index (χ0v) is 9.12. The van der Waals surface area contributed by atoms with E-state index in [1.807, 2.05) is 19.0 Å². The maximum absolute atomic E-state index is 11.5. The smallest absolute Gasteiger partial charge is 0.234 e. The van der Waals surface area contributed by atoms with Crippen LogP contribution in [0.4, 0.5) is 0 Å². The summed E-state index contributed by atoms with van der Waals surface area (Å²) in [5.41, 5.74) is 0. The van der Waals surface area contributed by atoms with Gasteiger partial charge in [-0.25, -0.2) is 0 Å². The van der Waals surface area contributed by atoms with Gasteiger partial charge in [-0.1, -0.05) is 6.42 Å². The Labute approximate surface area is 85.8 Å². The molecule has 2 aliphatic carbocycles. The van der Waals surface area contributed by atoms with E-state index in [1.54, 1.807) is 0 Å². The number of fused-ring (bicyclic) bond motifs is 2. The number of nitrogens with one attached hydrogen (secondary N) is 1. The normalized spacial score (nSPS) is 35.2. The molecule has 14 heavy (non-hydrogen) atoms. The van der Waals surface area contributed by atoms with Gasteiger partial charge in [-0.15, -0.1) is 0 Å². The Morgan fingerprint density at radius 2 is 2.14 bits per heavy atom. The van der Waals surface area contributed by atoms with E-state index in [0.29, 0.717) is 12.6 Å². The minimum atomic E-state index is 0.188. The first kappa shape index (κ1) is 9.97. The van der Waals surface area contributed by atoms with E-state index in [4.69, 9.17) is 0 Å². The van der Waals surface area contributed by atoms with Crippen LogP contribution < -0.4 is 5.32 Å². The maximum Gasteiger partial charge on any atom is 0.234 e. The zero-order valence-electron chi connectivity index (χ0n) is 9.12. The second-order valence-corrected chi connectivity index (χ2v) is 5.09. The standard InChI is InChI=1S/C11H20N2O/c1-13(2)7-11(14)12-10-6-8-3-4-9(10)5-8/h8-10H,3-7H2,1-2H3,(H,12,14)/t8?,9?,10-/m1/s1. The lowest BCUT2D eigenvalue weighted by Crippen LogP contribution is -2.42. The van der Waals surface area contributed by atoms with E-state index in [1.165, 1.54) is 25.7 Å². The van der Waals surface area contributed by atoms with Gasteiger partial charge in [0.15, 0.2) is 0 Å². The Kier molecular flexibility index (Phi) is 2.77. The lowest BCUT2D eigenvalue weighted by Gasteiger charge is -2.23. The molecule has 3 heteroatoms. The topological polar surface area (TPSA) is 32.3 Å². The fraction of sp³-hybridized carbons (Fsp3) is 0.909. The summed E-state index contributed by atoms with van der Waals surface area (Å²) in [6.45, 7) is 0.522. The van der Waals surface area contributed by atoms with Crippen LogP contribution in [0.5, 0.6) is 0 Å². The lowest BCUT2D eigenvalue weighted by molar-refractivity contribution is -0.122. The van der Waals surface area contributed by atoms with Gasteiger partial charge in [0.1, 0.15) is 0 Å². The Balaban J connectivity index is 1.78. The number of likely N-dealkylation sites (N-methyl/N-ethyl adjacent to an activating group) is 1. The first-order chi connectivity index (χ1) is 6.65. The van der Waals surface area contributed by atoms with Crippen molar-refractivity contribution in [2.24, 2.45) is 11.8 Å². The van der Waals surface area contributed by atoms with Gasteiger partial charge in [0.05, 0.1) is 6.54 Å². The first-order valence-electron chi connectivity index (χ1n) is 5.59. The molecule has 0 saturated heterocycles. The number of carbonyl (C=O) groups is 1. The molecule has 0 spiro atoms. The van der Waals surface area contributed by atoms with Gasteiger partial charge in [0.2, 0.25) is 5.91 Å². The van der Waals surface area contributed by atoms with Gasteiger partial charge in [0.25, 0.3) is 0 Å². The third-order valence-electron chi connectivity index (χ3n) is 3.54. The van der Waals surface area contributed by atoms with Gasteiger partial charge in [-0.05, 0) is 45.2 Å². The quantitative estimate of drug-likeness (QED) is 0.726. The summed E-state index contributed by atoms with van der Waals surface area (Å²) in [5.74, 6) is 1.88. The molecule has 3 nitrogen and oxygen atoms in total. The number of carbonyl (C=O) groups excluding carboxylic acids is 1. The summed E-state index contributed by atoms with van der Waals surface area (Å²) >= 11 is 0. The molecule has 2 saturated carbocycles. The van der Waals surface area contributed by atoms with Crippen LogP contribution in [0.3, 0.4) is 0 Å². The number of amides is 1. The Hall–Kier alpha value is -0.570. The highest BCUT2D eigenvalue weighted by Gasteiger charge is 2.39. The third-order valence-corrected chi connectivity index (χ3v) is 3.54. The van der Waals surface area contributed by atoms with Crippen molar-refractivity contribution in [1.29, 1.82) is 0 Å². The van der Waals surface area contributed by atoms with Gasteiger partial charge in [-0.2, -0.15) is 0 Å². The Morgan fingerprint density at radius 3 is 2.64 bits per heavy atom. The van der Waals surface area contributed by atoms with Crippen molar-refractivity contribution in [3.8, 4) is 0 Å². The number of nitrogens with zero attached hydrogens (tertiary/aromatic N) is 1. The summed E-state index contributed by atoms with van der Waals surface area (Å²) < 4.78 is 0. The molecule has 2 aliphatic rings. The molecule has 1 amide bonds. The zero-order chi connectivity index (χ0) is 10.1. The van der Waals surface area contributed by atoms with Crippen molar-refractivity contribution in [3.05, 3.63) is 0 Å². The van der Waals surface area contributed by atoms with Crippen LogP contribution in [0.1, 0.15) is 25.7 Å². The van der Waals surface area contributed by atoms with E-state index in [2.05, 4.69) is 5.32 Å². The van der Waals surface area contributed by atoms with Crippen LogP contribution in [0.15, 0.2) is 0 Å². The monoisotopic (exact) mass is 196 g/mol. The summed E-state index contributed by atoms with van der Waals surface area (Å²) in [4.78, 5) is 13.5. The van der Waals surface area contributed by atoms with Crippen molar-refractivity contribution in [3.63, 3.8) is 0 Å². The molecule has 0 heterocycles. The Bertz CT molecular complexity index is 227. The fourth-order valence-electron chi connectivity index (χ4n) is 2.96. The van der Waals surface area contributed by atoms with Gasteiger partial charge >= 0.3 is 0 Å². The van der Waals surface area contributed by atoms with E-state index in [9.17, 15) is 4.79 Å². The largest absolute Gasteiger partial charge is 0.352 e. The van der Waals surface area contributed by atoms with E-state index >= 15 is 0 Å². The summed E-state index contributed by atoms with van der Waals surface area (Å²) in [6, 6.07) is 0.487. The molecule has 2 unspecified atom stereocenters. The van der Waals surface area contributed by atoms with Crippen molar-refractivity contribution in [2.45, 2.75) is 31.7 Å². The second-order valence-electron chi connectivity index (χ2n) is 5.09. The predicted molar refractivity (Wildman–Crippen MR) is 55.9 cm³/mol. The van der Waals surface area contributed by atoms with Crippen LogP contribution in [0, 0.1) is 11.8 Å². The highest BCUT2D eigenvalue weighted by Crippen LogP contribution is 2.44. The molecular weight excluding hydrogens is 176 g/mol. The van der Waals surface area contributed by atoms with Crippen LogP contribution in [0.2, 0.25) is 0 Å². The lowest BCUT2D eigenvalue weighted by atomic mass is 9.95.